The van der Waals surface area contributed by atoms with Gasteiger partial charge in [-0.3, -0.25) is 5.43 Å². The molecule has 1 aromatic carbocycles. The van der Waals surface area contributed by atoms with Crippen molar-refractivity contribution in [1.29, 1.82) is 0 Å². The summed E-state index contributed by atoms with van der Waals surface area (Å²) in [6.07, 6.45) is 0. The Bertz CT molecular complexity index is 610. The van der Waals surface area contributed by atoms with Crippen LogP contribution in [0.25, 0.3) is 0 Å². The van der Waals surface area contributed by atoms with E-state index in [1.54, 1.807) is 4.90 Å². The van der Waals surface area contributed by atoms with Crippen molar-refractivity contribution in [2.24, 2.45) is 5.84 Å². The summed E-state index contributed by atoms with van der Waals surface area (Å²) in [5, 5.41) is 3.16. The molecule has 1 aromatic heterocycles. The second-order valence-electron chi connectivity index (χ2n) is 4.75. The number of aromatic nitrogens is 3. The van der Waals surface area contributed by atoms with E-state index in [0.29, 0.717) is 17.8 Å². The highest BCUT2D eigenvalue weighted by molar-refractivity contribution is 5.57. The second-order valence-corrected chi connectivity index (χ2v) is 4.75. The van der Waals surface area contributed by atoms with Gasteiger partial charge in [0.15, 0.2) is 0 Å². The lowest BCUT2D eigenvalue weighted by Gasteiger charge is -2.13. The highest BCUT2D eigenvalue weighted by Gasteiger charge is 2.08. The Hall–Kier alpha value is -2.41. The summed E-state index contributed by atoms with van der Waals surface area (Å²) in [6.45, 7) is 4.13. The van der Waals surface area contributed by atoms with E-state index in [1.807, 2.05) is 32.3 Å². The van der Waals surface area contributed by atoms with Crippen LogP contribution in [-0.4, -0.2) is 29.0 Å². The van der Waals surface area contributed by atoms with Crippen LogP contribution < -0.4 is 21.5 Å². The minimum Gasteiger partial charge on any atom is -0.347 e. The van der Waals surface area contributed by atoms with Gasteiger partial charge in [-0.1, -0.05) is 6.07 Å². The van der Waals surface area contributed by atoms with E-state index < -0.39 is 0 Å². The second kappa shape index (κ2) is 5.70. The van der Waals surface area contributed by atoms with Crippen molar-refractivity contribution in [3.05, 3.63) is 29.3 Å². The quantitative estimate of drug-likeness (QED) is 0.575. The van der Waals surface area contributed by atoms with Crippen LogP contribution in [0.15, 0.2) is 18.2 Å². The van der Waals surface area contributed by atoms with Gasteiger partial charge in [-0.2, -0.15) is 15.0 Å². The number of nitrogens with zero attached hydrogens (tertiary/aromatic N) is 4. The summed E-state index contributed by atoms with van der Waals surface area (Å²) in [6, 6.07) is 6.08. The average molecular weight is 273 g/mol. The molecule has 4 N–H and O–H groups in total. The minimum absolute atomic E-state index is 0.315. The van der Waals surface area contributed by atoms with Gasteiger partial charge in [-0.05, 0) is 37.1 Å². The van der Waals surface area contributed by atoms with Crippen LogP contribution in [0.5, 0.6) is 0 Å². The molecule has 106 valence electrons. The lowest BCUT2D eigenvalue weighted by Crippen LogP contribution is -2.18. The number of hydrogen-bond donors (Lipinski definition) is 3. The molecular weight excluding hydrogens is 254 g/mol. The predicted molar refractivity (Wildman–Crippen MR) is 81.2 cm³/mol. The van der Waals surface area contributed by atoms with Gasteiger partial charge < -0.3 is 10.2 Å². The van der Waals surface area contributed by atoms with E-state index in [0.717, 1.165) is 5.69 Å². The molecule has 0 aliphatic carbocycles. The number of benzene rings is 1. The summed E-state index contributed by atoms with van der Waals surface area (Å²) >= 11 is 0. The first-order valence-corrected chi connectivity index (χ1v) is 6.24. The maximum Gasteiger partial charge on any atom is 0.243 e. The number of nitrogens with one attached hydrogen (secondary N) is 2. The number of anilines is 4. The first kappa shape index (κ1) is 14.0. The molecule has 0 atom stereocenters. The smallest absolute Gasteiger partial charge is 0.243 e. The van der Waals surface area contributed by atoms with Gasteiger partial charge in [0.2, 0.25) is 17.8 Å². The zero-order valence-corrected chi connectivity index (χ0v) is 12.1. The Morgan fingerprint density at radius 1 is 1.00 bits per heavy atom. The highest BCUT2D eigenvalue weighted by atomic mass is 15.4. The van der Waals surface area contributed by atoms with Crippen molar-refractivity contribution in [1.82, 2.24) is 15.0 Å². The molecule has 0 fully saturated rings. The van der Waals surface area contributed by atoms with E-state index in [9.17, 15) is 0 Å². The fraction of sp³-hybridized carbons (Fsp3) is 0.308. The van der Waals surface area contributed by atoms with Crippen LogP contribution in [0, 0.1) is 13.8 Å². The van der Waals surface area contributed by atoms with Crippen LogP contribution >= 0.6 is 0 Å². The van der Waals surface area contributed by atoms with E-state index in [4.69, 9.17) is 5.84 Å². The SMILES string of the molecule is Cc1ccc(Nc2nc(NN)nc(N(C)C)n2)cc1C. The first-order valence-electron chi connectivity index (χ1n) is 6.24. The van der Waals surface area contributed by atoms with E-state index in [-0.39, 0.29) is 0 Å². The number of rotatable bonds is 4. The van der Waals surface area contributed by atoms with Gasteiger partial charge in [0.25, 0.3) is 0 Å². The number of aryl methyl sites for hydroxylation is 2. The molecule has 0 amide bonds. The third kappa shape index (κ3) is 3.12. The Balaban J connectivity index is 2.32. The Labute approximate surface area is 118 Å². The third-order valence-corrected chi connectivity index (χ3v) is 2.92. The standard InChI is InChI=1S/C13H19N7/c1-8-5-6-10(7-9(8)2)15-11-16-12(19-14)18-13(17-11)20(3)4/h5-7H,14H2,1-4H3,(H2,15,16,17,18,19). The van der Waals surface area contributed by atoms with Crippen LogP contribution in [0.4, 0.5) is 23.5 Å². The molecule has 1 heterocycles. The Morgan fingerprint density at radius 2 is 1.70 bits per heavy atom. The number of hydrazine groups is 1. The Kier molecular flexibility index (Phi) is 3.99. The van der Waals surface area contributed by atoms with Crippen LogP contribution in [-0.2, 0) is 0 Å². The predicted octanol–water partition coefficient (Wildman–Crippen LogP) is 1.58. The number of nitrogens with two attached hydrogens (primary N) is 1. The molecule has 0 saturated carbocycles. The van der Waals surface area contributed by atoms with Crippen LogP contribution in [0.1, 0.15) is 11.1 Å². The zero-order chi connectivity index (χ0) is 14.7. The molecule has 2 rings (SSSR count). The van der Waals surface area contributed by atoms with Gasteiger partial charge >= 0.3 is 0 Å². The van der Waals surface area contributed by atoms with Crippen molar-refractivity contribution >= 4 is 23.5 Å². The zero-order valence-electron chi connectivity index (χ0n) is 12.1. The summed E-state index contributed by atoms with van der Waals surface area (Å²) < 4.78 is 0. The number of hydrogen-bond acceptors (Lipinski definition) is 7. The van der Waals surface area contributed by atoms with Crippen molar-refractivity contribution in [2.75, 3.05) is 29.7 Å². The molecule has 0 saturated heterocycles. The number of nitrogen functional groups attached to an aromatic ring is 1. The van der Waals surface area contributed by atoms with Crippen molar-refractivity contribution < 1.29 is 0 Å². The minimum atomic E-state index is 0.315. The van der Waals surface area contributed by atoms with Crippen LogP contribution in [0.2, 0.25) is 0 Å². The average Bonchev–Trinajstić information content (AvgIpc) is 2.42. The van der Waals surface area contributed by atoms with Gasteiger partial charge in [0.1, 0.15) is 0 Å². The van der Waals surface area contributed by atoms with Crippen LogP contribution in [0.3, 0.4) is 0 Å². The van der Waals surface area contributed by atoms with Crippen molar-refractivity contribution in [2.45, 2.75) is 13.8 Å². The normalized spacial score (nSPS) is 10.2. The van der Waals surface area contributed by atoms with Gasteiger partial charge in [0.05, 0.1) is 0 Å². The van der Waals surface area contributed by atoms with Crippen molar-refractivity contribution in [3.63, 3.8) is 0 Å². The van der Waals surface area contributed by atoms with E-state index in [1.165, 1.54) is 11.1 Å². The fourth-order valence-corrected chi connectivity index (χ4v) is 1.63. The summed E-state index contributed by atoms with van der Waals surface area (Å²) in [5.41, 5.74) is 5.81. The van der Waals surface area contributed by atoms with Gasteiger partial charge in [0, 0.05) is 19.8 Å². The van der Waals surface area contributed by atoms with Crippen molar-refractivity contribution in [3.8, 4) is 0 Å². The molecule has 0 spiro atoms. The monoisotopic (exact) mass is 273 g/mol. The molecule has 0 unspecified atom stereocenters. The molecule has 0 radical (unpaired) electrons. The summed E-state index contributed by atoms with van der Waals surface area (Å²) in [4.78, 5) is 14.4. The molecule has 7 nitrogen and oxygen atoms in total. The van der Waals surface area contributed by atoms with E-state index in [2.05, 4.69) is 39.5 Å². The molecule has 0 bridgehead atoms. The summed E-state index contributed by atoms with van der Waals surface area (Å²) in [5.74, 6) is 6.66. The fourth-order valence-electron chi connectivity index (χ4n) is 1.63. The third-order valence-electron chi connectivity index (χ3n) is 2.92. The molecule has 0 aliphatic rings. The highest BCUT2D eigenvalue weighted by Crippen LogP contribution is 2.19. The first-order chi connectivity index (χ1) is 9.49. The lowest BCUT2D eigenvalue weighted by molar-refractivity contribution is 0.957. The summed E-state index contributed by atoms with van der Waals surface area (Å²) in [7, 11) is 3.71. The molecule has 2 aromatic rings. The molecule has 7 heteroatoms. The molecule has 0 aliphatic heterocycles. The Morgan fingerprint density at radius 3 is 2.30 bits per heavy atom. The lowest BCUT2D eigenvalue weighted by atomic mass is 10.1. The van der Waals surface area contributed by atoms with Gasteiger partial charge in [-0.15, -0.1) is 0 Å². The topological polar surface area (TPSA) is 92.0 Å². The van der Waals surface area contributed by atoms with Gasteiger partial charge in [-0.25, -0.2) is 5.84 Å². The molecular formula is C13H19N7. The maximum absolute atomic E-state index is 5.38. The maximum atomic E-state index is 5.38. The van der Waals surface area contributed by atoms with E-state index >= 15 is 0 Å². The molecule has 20 heavy (non-hydrogen) atoms. The largest absolute Gasteiger partial charge is 0.347 e.